The SMILES string of the molecule is Cc1cc(C)cc(-c2cccc3[cH-]c(C(C)(C)C)c(C)c23)c1.Cc1cc(C)cc(-c2cccc3[cH-]c(C(C)(C)C)c(C)c23)c1.Cl.Cl.[CH2-]CC(F)(F)F.[CH3-].[Si]=[Zr]. The Labute approximate surface area is 359 Å². The summed E-state index contributed by atoms with van der Waals surface area (Å²) >= 11 is 1.36. The average molecular weight is 883 g/mol. The van der Waals surface area contributed by atoms with E-state index in [-0.39, 0.29) is 43.1 Å². The van der Waals surface area contributed by atoms with E-state index in [4.69, 9.17) is 0 Å². The second kappa shape index (κ2) is 21.4. The Morgan fingerprint density at radius 1 is 0.564 bits per heavy atom. The maximum atomic E-state index is 10.7. The number of alkyl halides is 3. The summed E-state index contributed by atoms with van der Waals surface area (Å²) in [7, 11) is 0. The molecule has 0 fully saturated rings. The Balaban J connectivity index is 0.000000851. The van der Waals surface area contributed by atoms with Crippen molar-refractivity contribution in [2.75, 3.05) is 0 Å². The summed E-state index contributed by atoms with van der Waals surface area (Å²) in [4.78, 5) is 0. The standard InChI is InChI=1S/2C22H25.C3H4F3.CH3.2ClH.Si.Zr/c2*1-14-10-15(2)12-18(11-14)19-9-7-8-17-13-20(22(4,5)6)16(3)21(17)19;1-2-3(4,5)6;;;;;/h2*7-13H,1-6H3;1-2H2;1H3;2*1H;;/q4*-1;;;;. The average Bonchev–Trinajstić information content (AvgIpc) is 3.58. The van der Waals surface area contributed by atoms with E-state index in [2.05, 4.69) is 182 Å². The van der Waals surface area contributed by atoms with Crippen molar-refractivity contribution in [3.8, 4) is 22.3 Å². The van der Waals surface area contributed by atoms with E-state index in [9.17, 15) is 13.2 Å². The van der Waals surface area contributed by atoms with Crippen LogP contribution in [0, 0.1) is 55.9 Å². The zero-order valence-corrected chi connectivity index (χ0v) is 40.0. The van der Waals surface area contributed by atoms with Crippen LogP contribution in [0.1, 0.15) is 92.5 Å². The summed E-state index contributed by atoms with van der Waals surface area (Å²) in [6, 6.07) is 31.8. The van der Waals surface area contributed by atoms with Gasteiger partial charge in [0.05, 0.1) is 0 Å². The molecule has 0 unspecified atom stereocenters. The molecule has 6 rings (SSSR count). The monoisotopic (exact) mass is 880 g/mol. The Bertz CT molecular complexity index is 1950. The summed E-state index contributed by atoms with van der Waals surface area (Å²) in [6.07, 6.45) is -5.05. The minimum absolute atomic E-state index is 0. The number of benzene rings is 4. The van der Waals surface area contributed by atoms with Gasteiger partial charge in [-0.05, 0) is 49.7 Å². The fraction of sp³-hybridized carbons (Fsp3) is 0.333. The van der Waals surface area contributed by atoms with Crippen molar-refractivity contribution in [3.63, 3.8) is 0 Å². The third kappa shape index (κ3) is 13.6. The van der Waals surface area contributed by atoms with Gasteiger partial charge in [-0.1, -0.05) is 144 Å². The molecule has 0 saturated carbocycles. The molecule has 6 aromatic rings. The first-order valence-corrected chi connectivity index (χ1v) is 22.0. The van der Waals surface area contributed by atoms with Crippen LogP contribution in [0.3, 0.4) is 0 Å². The van der Waals surface area contributed by atoms with Crippen LogP contribution in [-0.4, -0.2) is 13.1 Å². The van der Waals surface area contributed by atoms with Gasteiger partial charge in [-0.15, -0.1) is 93.9 Å². The van der Waals surface area contributed by atoms with Crippen LogP contribution in [0.15, 0.2) is 84.9 Å². The molecule has 0 nitrogen and oxygen atoms in total. The minimum atomic E-state index is -4.07. The van der Waals surface area contributed by atoms with E-state index >= 15 is 0 Å². The zero-order valence-electron chi connectivity index (χ0n) is 34.9. The molecule has 0 amide bonds. The third-order valence-corrected chi connectivity index (χ3v) is 9.32. The van der Waals surface area contributed by atoms with E-state index in [1.54, 1.807) is 0 Å². The number of rotatable bonds is 2. The van der Waals surface area contributed by atoms with Crippen molar-refractivity contribution in [3.05, 3.63) is 144 Å². The van der Waals surface area contributed by atoms with Crippen LogP contribution < -0.4 is 0 Å². The van der Waals surface area contributed by atoms with Crippen molar-refractivity contribution in [1.82, 2.24) is 0 Å². The molecule has 55 heavy (non-hydrogen) atoms. The van der Waals surface area contributed by atoms with Gasteiger partial charge < -0.3 is 14.4 Å². The van der Waals surface area contributed by atoms with Gasteiger partial charge in [0.1, 0.15) is 0 Å². The summed E-state index contributed by atoms with van der Waals surface area (Å²) in [5, 5.41) is 5.55. The Hall–Kier alpha value is -2.43. The fourth-order valence-corrected chi connectivity index (χ4v) is 7.31. The van der Waals surface area contributed by atoms with Crippen molar-refractivity contribution in [1.29, 1.82) is 0 Å². The molecule has 0 atom stereocenters. The van der Waals surface area contributed by atoms with Gasteiger partial charge in [-0.25, -0.2) is 0 Å². The number of halogens is 5. The number of aryl methyl sites for hydroxylation is 6. The second-order valence-corrected chi connectivity index (χ2v) is 16.0. The van der Waals surface area contributed by atoms with E-state index in [1.807, 2.05) is 0 Å². The van der Waals surface area contributed by atoms with Crippen LogP contribution in [0.2, 0.25) is 0 Å². The molecule has 0 aliphatic rings. The van der Waals surface area contributed by atoms with Crippen molar-refractivity contribution < 1.29 is 36.5 Å². The van der Waals surface area contributed by atoms with Crippen LogP contribution >= 0.6 is 24.8 Å². The molecule has 298 valence electrons. The first kappa shape index (κ1) is 52.6. The van der Waals surface area contributed by atoms with Crippen LogP contribution in [0.4, 0.5) is 13.2 Å². The molecule has 6 aromatic carbocycles. The molecule has 0 spiro atoms. The molecule has 0 aromatic heterocycles. The maximum absolute atomic E-state index is 10.7. The predicted octanol–water partition coefficient (Wildman–Crippen LogP) is 15.6. The molecular weight excluding hydrogens is 824 g/mol. The molecule has 2 radical (unpaired) electrons. The predicted molar refractivity (Wildman–Crippen MR) is 238 cm³/mol. The number of fused-ring (bicyclic) bond motifs is 2. The summed E-state index contributed by atoms with van der Waals surface area (Å²) in [6.45, 7) is 32.7. The summed E-state index contributed by atoms with van der Waals surface area (Å²) in [5.41, 5.74) is 16.8. The number of hydrogen-bond acceptors (Lipinski definition) is 0. The van der Waals surface area contributed by atoms with Crippen LogP contribution in [0.25, 0.3) is 43.8 Å². The fourth-order valence-electron chi connectivity index (χ4n) is 7.31. The van der Waals surface area contributed by atoms with Crippen LogP contribution in [-0.2, 0) is 34.2 Å². The van der Waals surface area contributed by atoms with Crippen molar-refractivity contribution in [2.24, 2.45) is 0 Å². The molecule has 0 N–H and O–H groups in total. The zero-order chi connectivity index (χ0) is 39.3. The van der Waals surface area contributed by atoms with E-state index in [0.717, 1.165) is 0 Å². The number of hydrogen-bond donors (Lipinski definition) is 0. The van der Waals surface area contributed by atoms with E-state index in [0.29, 0.717) is 0 Å². The van der Waals surface area contributed by atoms with E-state index in [1.165, 1.54) is 112 Å². The van der Waals surface area contributed by atoms with E-state index < -0.39 is 12.6 Å². The normalized spacial score (nSPS) is 11.0. The van der Waals surface area contributed by atoms with Crippen LogP contribution in [0.5, 0.6) is 0 Å². The van der Waals surface area contributed by atoms with Crippen molar-refractivity contribution >= 4 is 53.2 Å². The molecule has 0 saturated heterocycles. The summed E-state index contributed by atoms with van der Waals surface area (Å²) in [5.74, 6) is 0. The third-order valence-electron chi connectivity index (χ3n) is 9.32. The van der Waals surface area contributed by atoms with Crippen molar-refractivity contribution in [2.45, 2.75) is 107 Å². The topological polar surface area (TPSA) is 0 Å². The van der Waals surface area contributed by atoms with Gasteiger partial charge in [0.2, 0.25) is 0 Å². The molecule has 0 heterocycles. The quantitative estimate of drug-likeness (QED) is 0.120. The van der Waals surface area contributed by atoms with Gasteiger partial charge in [0, 0.05) is 0 Å². The Kier molecular flexibility index (Phi) is 20.4. The Morgan fingerprint density at radius 2 is 0.836 bits per heavy atom. The molecular formula is C48H59Cl2F3SiZr-4. The molecule has 0 aliphatic carbocycles. The first-order chi connectivity index (χ1) is 24.1. The molecule has 0 bridgehead atoms. The molecule has 0 aliphatic heterocycles. The second-order valence-electron chi connectivity index (χ2n) is 16.0. The van der Waals surface area contributed by atoms with Gasteiger partial charge in [-0.3, -0.25) is 0 Å². The Morgan fingerprint density at radius 3 is 1.07 bits per heavy atom. The summed E-state index contributed by atoms with van der Waals surface area (Å²) < 4.78 is 32.2. The molecule has 7 heteroatoms. The van der Waals surface area contributed by atoms with Gasteiger partial charge in [-0.2, -0.15) is 24.3 Å². The van der Waals surface area contributed by atoms with Gasteiger partial charge in [0.15, 0.2) is 0 Å². The first-order valence-electron chi connectivity index (χ1n) is 17.8. The van der Waals surface area contributed by atoms with Gasteiger partial charge in [0.25, 0.3) is 0 Å². The van der Waals surface area contributed by atoms with Gasteiger partial charge >= 0.3 is 36.4 Å².